The number of carbonyl (C=O) groups excluding carboxylic acids is 1. The van der Waals surface area contributed by atoms with Crippen LogP contribution in [0.2, 0.25) is 0 Å². The Morgan fingerprint density at radius 1 is 1.16 bits per heavy atom. The number of hydrogen-bond acceptors (Lipinski definition) is 4. The lowest BCUT2D eigenvalue weighted by molar-refractivity contribution is -0.140. The molecule has 2 rings (SSSR count). The first-order valence-electron chi connectivity index (χ1n) is 7.97. The number of para-hydroxylation sites is 1. The minimum atomic E-state index is -1.06. The standard InChI is InChI=1S/C19H22N2O4/c1-19(2,3)11-15(18(23)24)21-17(22)13-9-10-16(20-12-13)25-14-7-5-4-6-8-14/h4-10,12,15H,11H2,1-3H3,(H,21,22)(H,23,24)/t15-/m0/s1. The van der Waals surface area contributed by atoms with Crippen molar-refractivity contribution in [2.75, 3.05) is 0 Å². The van der Waals surface area contributed by atoms with Crippen LogP contribution in [-0.2, 0) is 4.79 Å². The van der Waals surface area contributed by atoms with Gasteiger partial charge < -0.3 is 15.2 Å². The fourth-order valence-corrected chi connectivity index (χ4v) is 2.24. The molecule has 25 heavy (non-hydrogen) atoms. The van der Waals surface area contributed by atoms with Crippen molar-refractivity contribution in [1.82, 2.24) is 10.3 Å². The lowest BCUT2D eigenvalue weighted by Gasteiger charge is -2.23. The van der Waals surface area contributed by atoms with Gasteiger partial charge in [-0.15, -0.1) is 0 Å². The van der Waals surface area contributed by atoms with Gasteiger partial charge in [0, 0.05) is 12.3 Å². The van der Waals surface area contributed by atoms with E-state index < -0.39 is 17.9 Å². The number of ether oxygens (including phenoxy) is 1. The maximum absolute atomic E-state index is 12.3. The van der Waals surface area contributed by atoms with Crippen molar-refractivity contribution < 1.29 is 19.4 Å². The predicted molar refractivity (Wildman–Crippen MR) is 93.7 cm³/mol. The number of nitrogens with zero attached hydrogens (tertiary/aromatic N) is 1. The second-order valence-electron chi connectivity index (χ2n) is 6.93. The summed E-state index contributed by atoms with van der Waals surface area (Å²) in [6.45, 7) is 5.77. The van der Waals surface area contributed by atoms with Crippen molar-refractivity contribution in [3.8, 4) is 11.6 Å². The molecule has 0 spiro atoms. The summed E-state index contributed by atoms with van der Waals surface area (Å²) in [5.41, 5.74) is 0.0580. The van der Waals surface area contributed by atoms with Crippen LogP contribution in [0, 0.1) is 5.41 Å². The van der Waals surface area contributed by atoms with Gasteiger partial charge in [0.15, 0.2) is 0 Å². The molecule has 0 aliphatic rings. The lowest BCUT2D eigenvalue weighted by Crippen LogP contribution is -2.43. The van der Waals surface area contributed by atoms with Gasteiger partial charge in [0.25, 0.3) is 5.91 Å². The van der Waals surface area contributed by atoms with E-state index in [0.717, 1.165) is 0 Å². The molecule has 1 atom stereocenters. The van der Waals surface area contributed by atoms with Crippen molar-refractivity contribution in [2.24, 2.45) is 5.41 Å². The molecule has 1 amide bonds. The second kappa shape index (κ2) is 7.79. The maximum atomic E-state index is 12.3. The maximum Gasteiger partial charge on any atom is 0.326 e. The van der Waals surface area contributed by atoms with Crippen LogP contribution in [-0.4, -0.2) is 28.0 Å². The van der Waals surface area contributed by atoms with Crippen LogP contribution in [0.3, 0.4) is 0 Å². The first-order valence-corrected chi connectivity index (χ1v) is 7.97. The molecule has 2 aromatic rings. The number of benzene rings is 1. The third-order valence-corrected chi connectivity index (χ3v) is 3.38. The van der Waals surface area contributed by atoms with E-state index in [4.69, 9.17) is 4.74 Å². The van der Waals surface area contributed by atoms with E-state index in [1.165, 1.54) is 6.20 Å². The lowest BCUT2D eigenvalue weighted by atomic mass is 9.88. The summed E-state index contributed by atoms with van der Waals surface area (Å²) in [5, 5.41) is 11.8. The molecule has 0 saturated carbocycles. The summed E-state index contributed by atoms with van der Waals surface area (Å²) in [6, 6.07) is 11.3. The Labute approximate surface area is 146 Å². The molecular weight excluding hydrogens is 320 g/mol. The Morgan fingerprint density at radius 2 is 1.84 bits per heavy atom. The number of amides is 1. The molecule has 0 saturated heterocycles. The summed E-state index contributed by atoms with van der Waals surface area (Å²) < 4.78 is 5.56. The number of nitrogens with one attached hydrogen (secondary N) is 1. The van der Waals surface area contributed by atoms with Crippen LogP contribution >= 0.6 is 0 Å². The Morgan fingerprint density at radius 3 is 2.36 bits per heavy atom. The van der Waals surface area contributed by atoms with Gasteiger partial charge in [-0.25, -0.2) is 9.78 Å². The minimum absolute atomic E-state index is 0.220. The number of aromatic nitrogens is 1. The van der Waals surface area contributed by atoms with Crippen LogP contribution in [0.25, 0.3) is 0 Å². The zero-order valence-corrected chi connectivity index (χ0v) is 14.5. The smallest absolute Gasteiger partial charge is 0.326 e. The van der Waals surface area contributed by atoms with E-state index in [1.54, 1.807) is 24.3 Å². The molecule has 0 bridgehead atoms. The zero-order valence-electron chi connectivity index (χ0n) is 14.5. The highest BCUT2D eigenvalue weighted by molar-refractivity contribution is 5.96. The van der Waals surface area contributed by atoms with E-state index in [9.17, 15) is 14.7 Å². The van der Waals surface area contributed by atoms with Crippen LogP contribution in [0.15, 0.2) is 48.7 Å². The van der Waals surface area contributed by atoms with Crippen molar-refractivity contribution in [3.63, 3.8) is 0 Å². The van der Waals surface area contributed by atoms with Crippen LogP contribution in [0.4, 0.5) is 0 Å². The summed E-state index contributed by atoms with van der Waals surface area (Å²) in [6.07, 6.45) is 1.69. The molecule has 6 nitrogen and oxygen atoms in total. The van der Waals surface area contributed by atoms with Gasteiger partial charge in [-0.2, -0.15) is 0 Å². The number of hydrogen-bond donors (Lipinski definition) is 2. The number of carboxylic acid groups (broad SMARTS) is 1. The second-order valence-corrected chi connectivity index (χ2v) is 6.93. The predicted octanol–water partition coefficient (Wildman–Crippen LogP) is 3.49. The van der Waals surface area contributed by atoms with Crippen molar-refractivity contribution >= 4 is 11.9 Å². The number of carbonyl (C=O) groups is 2. The fourth-order valence-electron chi connectivity index (χ4n) is 2.24. The summed E-state index contributed by atoms with van der Waals surface area (Å²) in [5.74, 6) is -0.536. The van der Waals surface area contributed by atoms with E-state index in [2.05, 4.69) is 10.3 Å². The summed E-state index contributed by atoms with van der Waals surface area (Å²) in [4.78, 5) is 27.7. The van der Waals surface area contributed by atoms with Crippen molar-refractivity contribution in [1.29, 1.82) is 0 Å². The van der Waals surface area contributed by atoms with Crippen LogP contribution < -0.4 is 10.1 Å². The fraction of sp³-hybridized carbons (Fsp3) is 0.316. The van der Waals surface area contributed by atoms with Gasteiger partial charge in [0.2, 0.25) is 5.88 Å². The molecule has 1 heterocycles. The van der Waals surface area contributed by atoms with Crippen LogP contribution in [0.1, 0.15) is 37.6 Å². The molecule has 0 unspecified atom stereocenters. The minimum Gasteiger partial charge on any atom is -0.480 e. The molecule has 132 valence electrons. The molecule has 0 aliphatic carbocycles. The zero-order chi connectivity index (χ0) is 18.4. The number of rotatable bonds is 6. The number of carboxylic acids is 1. The van der Waals surface area contributed by atoms with E-state index in [1.807, 2.05) is 39.0 Å². The Bertz CT molecular complexity index is 721. The molecular formula is C19H22N2O4. The molecule has 2 N–H and O–H groups in total. The average Bonchev–Trinajstić information content (AvgIpc) is 2.54. The highest BCUT2D eigenvalue weighted by Crippen LogP contribution is 2.22. The van der Waals surface area contributed by atoms with Crippen LogP contribution in [0.5, 0.6) is 11.6 Å². The van der Waals surface area contributed by atoms with E-state index >= 15 is 0 Å². The average molecular weight is 342 g/mol. The number of aliphatic carboxylic acids is 1. The molecule has 6 heteroatoms. The normalized spacial score (nSPS) is 12.3. The Kier molecular flexibility index (Phi) is 5.75. The molecule has 0 radical (unpaired) electrons. The van der Waals surface area contributed by atoms with Gasteiger partial charge in [-0.05, 0) is 30.0 Å². The quantitative estimate of drug-likeness (QED) is 0.839. The monoisotopic (exact) mass is 342 g/mol. The molecule has 0 aliphatic heterocycles. The molecule has 1 aromatic heterocycles. The van der Waals surface area contributed by atoms with Gasteiger partial charge in [0.1, 0.15) is 11.8 Å². The number of pyridine rings is 1. The first kappa shape index (κ1) is 18.4. The third kappa shape index (κ3) is 5.91. The topological polar surface area (TPSA) is 88.5 Å². The highest BCUT2D eigenvalue weighted by Gasteiger charge is 2.26. The van der Waals surface area contributed by atoms with Gasteiger partial charge >= 0.3 is 5.97 Å². The van der Waals surface area contributed by atoms with E-state index in [0.29, 0.717) is 18.1 Å². The largest absolute Gasteiger partial charge is 0.480 e. The Balaban J connectivity index is 2.03. The molecule has 1 aromatic carbocycles. The van der Waals surface area contributed by atoms with Gasteiger partial charge in [0.05, 0.1) is 5.56 Å². The van der Waals surface area contributed by atoms with Crippen molar-refractivity contribution in [3.05, 3.63) is 54.2 Å². The van der Waals surface area contributed by atoms with E-state index in [-0.39, 0.29) is 11.0 Å². The first-order chi connectivity index (χ1) is 11.7. The SMILES string of the molecule is CC(C)(C)C[C@H](NC(=O)c1ccc(Oc2ccccc2)nc1)C(=O)O. The van der Waals surface area contributed by atoms with Crippen molar-refractivity contribution in [2.45, 2.75) is 33.2 Å². The molecule has 0 fully saturated rings. The summed E-state index contributed by atoms with van der Waals surface area (Å²) >= 11 is 0. The highest BCUT2D eigenvalue weighted by atomic mass is 16.5. The van der Waals surface area contributed by atoms with Gasteiger partial charge in [-0.1, -0.05) is 39.0 Å². The summed E-state index contributed by atoms with van der Waals surface area (Å²) in [7, 11) is 0. The third-order valence-electron chi connectivity index (χ3n) is 3.38. The van der Waals surface area contributed by atoms with Gasteiger partial charge in [-0.3, -0.25) is 4.79 Å². The Hall–Kier alpha value is -2.89.